The second-order valence-corrected chi connectivity index (χ2v) is 5.65. The average molecular weight is 264 g/mol. The Morgan fingerprint density at radius 1 is 1.42 bits per heavy atom. The predicted molar refractivity (Wildman–Crippen MR) is 74.3 cm³/mol. The summed E-state index contributed by atoms with van der Waals surface area (Å²) in [5.41, 5.74) is 1.73. The van der Waals surface area contributed by atoms with Crippen molar-refractivity contribution in [2.45, 2.75) is 25.9 Å². The monoisotopic (exact) mass is 264 g/mol. The third-order valence-electron chi connectivity index (χ3n) is 2.92. The maximum Gasteiger partial charge on any atom is 0.417 e. The van der Waals surface area contributed by atoms with Crippen molar-refractivity contribution in [1.82, 2.24) is 9.88 Å². The molecule has 0 amide bonds. The summed E-state index contributed by atoms with van der Waals surface area (Å²) in [6.07, 6.45) is 0.845. The summed E-state index contributed by atoms with van der Waals surface area (Å²) in [7, 11) is 1.98. The fourth-order valence-corrected chi connectivity index (χ4v) is 2.20. The Hall–Kier alpha value is -1.59. The smallest absolute Gasteiger partial charge is 0.408 e. The van der Waals surface area contributed by atoms with Crippen LogP contribution in [-0.4, -0.2) is 40.7 Å². The Morgan fingerprint density at radius 3 is 2.84 bits per heavy atom. The van der Waals surface area contributed by atoms with Gasteiger partial charge in [-0.25, -0.2) is 4.79 Å². The van der Waals surface area contributed by atoms with E-state index >= 15 is 0 Å². The highest BCUT2D eigenvalue weighted by Crippen LogP contribution is 2.13. The molecule has 5 heteroatoms. The largest absolute Gasteiger partial charge is 0.417 e. The van der Waals surface area contributed by atoms with Crippen LogP contribution in [0.25, 0.3) is 11.1 Å². The van der Waals surface area contributed by atoms with Crippen molar-refractivity contribution in [2.24, 2.45) is 0 Å². The van der Waals surface area contributed by atoms with E-state index < -0.39 is 11.4 Å². The van der Waals surface area contributed by atoms with E-state index in [0.29, 0.717) is 12.1 Å². The maximum atomic E-state index is 11.1. The van der Waals surface area contributed by atoms with Crippen molar-refractivity contribution in [2.75, 3.05) is 20.1 Å². The highest BCUT2D eigenvalue weighted by atomic mass is 16.4. The van der Waals surface area contributed by atoms with E-state index in [2.05, 4.69) is 9.88 Å². The molecule has 2 N–H and O–H groups in total. The van der Waals surface area contributed by atoms with E-state index in [-0.39, 0.29) is 0 Å². The molecule has 0 aliphatic heterocycles. The summed E-state index contributed by atoms with van der Waals surface area (Å²) in [4.78, 5) is 15.8. The molecule has 104 valence electrons. The minimum atomic E-state index is -0.688. The van der Waals surface area contributed by atoms with Crippen molar-refractivity contribution in [3.63, 3.8) is 0 Å². The van der Waals surface area contributed by atoms with E-state index in [0.717, 1.165) is 24.0 Å². The summed E-state index contributed by atoms with van der Waals surface area (Å²) in [6, 6.07) is 5.71. The Bertz CT molecular complexity index is 607. The average Bonchev–Trinajstić information content (AvgIpc) is 2.63. The summed E-state index contributed by atoms with van der Waals surface area (Å²) in [5, 5.41) is 9.73. The molecule has 0 spiro atoms. The number of hydrogen-bond acceptors (Lipinski definition) is 4. The first-order chi connectivity index (χ1) is 8.83. The first-order valence-electron chi connectivity index (χ1n) is 6.36. The topological polar surface area (TPSA) is 69.5 Å². The lowest BCUT2D eigenvalue weighted by atomic mass is 10.1. The van der Waals surface area contributed by atoms with Crippen LogP contribution in [0.15, 0.2) is 27.4 Å². The van der Waals surface area contributed by atoms with Crippen LogP contribution in [0.1, 0.15) is 19.4 Å². The number of H-pyrrole nitrogens is 1. The number of oxazole rings is 1. The second-order valence-electron chi connectivity index (χ2n) is 5.65. The minimum absolute atomic E-state index is 0.425. The molecule has 0 fully saturated rings. The fourth-order valence-electron chi connectivity index (χ4n) is 2.20. The second kappa shape index (κ2) is 5.19. The van der Waals surface area contributed by atoms with Gasteiger partial charge in [-0.05, 0) is 45.0 Å². The van der Waals surface area contributed by atoms with Crippen LogP contribution in [0, 0.1) is 0 Å². The predicted octanol–water partition coefficient (Wildman–Crippen LogP) is 1.37. The van der Waals surface area contributed by atoms with Gasteiger partial charge in [0.25, 0.3) is 0 Å². The first-order valence-corrected chi connectivity index (χ1v) is 6.36. The number of nitrogens with one attached hydrogen (secondary N) is 1. The lowest BCUT2D eigenvalue weighted by molar-refractivity contribution is 0.0450. The molecule has 2 aromatic rings. The number of likely N-dealkylation sites (N-methyl/N-ethyl adjacent to an activating group) is 1. The van der Waals surface area contributed by atoms with Gasteiger partial charge in [0.15, 0.2) is 5.58 Å². The minimum Gasteiger partial charge on any atom is -0.408 e. The standard InChI is InChI=1S/C14H20N2O3/c1-14(2,18)9-16(3)7-6-10-4-5-11-12(8-10)19-13(17)15-11/h4-5,8,18H,6-7,9H2,1-3H3,(H,15,17). The lowest BCUT2D eigenvalue weighted by Crippen LogP contribution is -2.37. The molecular formula is C14H20N2O3. The van der Waals surface area contributed by atoms with Gasteiger partial charge < -0.3 is 14.4 Å². The van der Waals surface area contributed by atoms with E-state index in [4.69, 9.17) is 4.42 Å². The SMILES string of the molecule is CN(CCc1ccc2[nH]c(=O)oc2c1)CC(C)(C)O. The number of hydrogen-bond donors (Lipinski definition) is 2. The van der Waals surface area contributed by atoms with Crippen LogP contribution in [-0.2, 0) is 6.42 Å². The van der Waals surface area contributed by atoms with E-state index in [1.54, 1.807) is 13.8 Å². The summed E-state index contributed by atoms with van der Waals surface area (Å²) < 4.78 is 5.03. The van der Waals surface area contributed by atoms with E-state index in [9.17, 15) is 9.90 Å². The van der Waals surface area contributed by atoms with Crippen molar-refractivity contribution < 1.29 is 9.52 Å². The van der Waals surface area contributed by atoms with Gasteiger partial charge in [0.05, 0.1) is 11.1 Å². The normalized spacial score (nSPS) is 12.5. The molecule has 0 bridgehead atoms. The number of aromatic nitrogens is 1. The molecule has 2 rings (SSSR count). The number of nitrogens with zero attached hydrogens (tertiary/aromatic N) is 1. The van der Waals surface area contributed by atoms with Crippen molar-refractivity contribution in [3.05, 3.63) is 34.3 Å². The van der Waals surface area contributed by atoms with E-state index in [1.165, 1.54) is 0 Å². The third kappa shape index (κ3) is 3.94. The van der Waals surface area contributed by atoms with E-state index in [1.807, 2.05) is 25.2 Å². The number of benzene rings is 1. The number of rotatable bonds is 5. The zero-order valence-electron chi connectivity index (χ0n) is 11.6. The Morgan fingerprint density at radius 2 is 2.16 bits per heavy atom. The number of aliphatic hydroxyl groups is 1. The van der Waals surface area contributed by atoms with Crippen molar-refractivity contribution in [1.29, 1.82) is 0 Å². The highest BCUT2D eigenvalue weighted by Gasteiger charge is 2.15. The fraction of sp³-hybridized carbons (Fsp3) is 0.500. The molecule has 0 atom stereocenters. The van der Waals surface area contributed by atoms with Crippen LogP contribution in [0.3, 0.4) is 0 Å². The molecule has 0 saturated carbocycles. The zero-order valence-corrected chi connectivity index (χ0v) is 11.6. The van der Waals surface area contributed by atoms with Crippen LogP contribution < -0.4 is 5.76 Å². The number of aromatic amines is 1. The maximum absolute atomic E-state index is 11.1. The molecule has 0 radical (unpaired) electrons. The molecule has 0 saturated heterocycles. The lowest BCUT2D eigenvalue weighted by Gasteiger charge is -2.25. The highest BCUT2D eigenvalue weighted by molar-refractivity contribution is 5.72. The first kappa shape index (κ1) is 13.8. The Kier molecular flexibility index (Phi) is 3.78. The molecule has 1 heterocycles. The Labute approximate surface area is 111 Å². The number of fused-ring (bicyclic) bond motifs is 1. The van der Waals surface area contributed by atoms with Gasteiger partial charge >= 0.3 is 5.76 Å². The van der Waals surface area contributed by atoms with Crippen molar-refractivity contribution in [3.8, 4) is 0 Å². The summed E-state index contributed by atoms with van der Waals surface area (Å²) in [6.45, 7) is 5.05. The summed E-state index contributed by atoms with van der Waals surface area (Å²) in [5.74, 6) is -0.425. The molecule has 0 aliphatic rings. The Balaban J connectivity index is 1.99. The third-order valence-corrected chi connectivity index (χ3v) is 2.92. The molecule has 1 aromatic heterocycles. The molecular weight excluding hydrogens is 244 g/mol. The molecule has 0 unspecified atom stereocenters. The molecule has 0 aliphatic carbocycles. The van der Waals surface area contributed by atoms with Crippen LogP contribution >= 0.6 is 0 Å². The summed E-state index contributed by atoms with van der Waals surface area (Å²) >= 11 is 0. The van der Waals surface area contributed by atoms with Gasteiger partial charge in [-0.1, -0.05) is 6.07 Å². The molecule has 5 nitrogen and oxygen atoms in total. The van der Waals surface area contributed by atoms with Crippen LogP contribution in [0.2, 0.25) is 0 Å². The van der Waals surface area contributed by atoms with Crippen LogP contribution in [0.4, 0.5) is 0 Å². The van der Waals surface area contributed by atoms with Crippen molar-refractivity contribution >= 4 is 11.1 Å². The van der Waals surface area contributed by atoms with Gasteiger partial charge in [0, 0.05) is 13.1 Å². The molecule has 1 aromatic carbocycles. The quantitative estimate of drug-likeness (QED) is 0.855. The van der Waals surface area contributed by atoms with Gasteiger partial charge in [-0.15, -0.1) is 0 Å². The van der Waals surface area contributed by atoms with Gasteiger partial charge in [0.2, 0.25) is 0 Å². The molecule has 19 heavy (non-hydrogen) atoms. The zero-order chi connectivity index (χ0) is 14.0. The van der Waals surface area contributed by atoms with Gasteiger partial charge in [0.1, 0.15) is 0 Å². The van der Waals surface area contributed by atoms with Gasteiger partial charge in [-0.2, -0.15) is 0 Å². The van der Waals surface area contributed by atoms with Crippen LogP contribution in [0.5, 0.6) is 0 Å². The van der Waals surface area contributed by atoms with Gasteiger partial charge in [-0.3, -0.25) is 4.98 Å².